The van der Waals surface area contributed by atoms with Gasteiger partial charge in [-0.2, -0.15) is 4.31 Å². The molecule has 0 aromatic heterocycles. The van der Waals surface area contributed by atoms with Crippen molar-refractivity contribution in [2.24, 2.45) is 5.41 Å². The van der Waals surface area contributed by atoms with Gasteiger partial charge >= 0.3 is 5.97 Å². The van der Waals surface area contributed by atoms with Crippen molar-refractivity contribution in [3.05, 3.63) is 60.2 Å². The van der Waals surface area contributed by atoms with Crippen molar-refractivity contribution >= 4 is 16.0 Å². The van der Waals surface area contributed by atoms with Gasteiger partial charge in [0.05, 0.1) is 11.4 Å². The standard InChI is InChI=1S/C21H23NO5S/c1-21(2)12-17-13-22(19(21)20(23)27-17)28(24,25)18-10-8-16(9-11-18)26-14-15-6-4-3-5-7-15/h3-11,17,19H,12-14H2,1-2H3. The number of hydrogen-bond donors (Lipinski definition) is 0. The molecule has 0 radical (unpaired) electrons. The number of benzene rings is 2. The fourth-order valence-corrected chi connectivity index (χ4v) is 5.79. The number of carbonyl (C=O) groups excluding carboxylic acids is 1. The summed E-state index contributed by atoms with van der Waals surface area (Å²) in [6.07, 6.45) is 0.276. The number of carbonyl (C=O) groups is 1. The molecule has 5 rings (SSSR count). The van der Waals surface area contributed by atoms with Crippen LogP contribution in [-0.2, 0) is 26.2 Å². The number of ether oxygens (including phenoxy) is 2. The van der Waals surface area contributed by atoms with Crippen LogP contribution in [0, 0.1) is 5.41 Å². The SMILES string of the molecule is CC1(C)CC2CN(S(=O)(=O)c3ccc(OCc4ccccc4)cc3)C1C(=O)O2. The van der Waals surface area contributed by atoms with E-state index < -0.39 is 33.6 Å². The molecule has 28 heavy (non-hydrogen) atoms. The third kappa shape index (κ3) is 3.40. The predicted molar refractivity (Wildman–Crippen MR) is 103 cm³/mol. The van der Waals surface area contributed by atoms with Gasteiger partial charge in [0.2, 0.25) is 10.0 Å². The molecule has 7 heteroatoms. The Bertz CT molecular complexity index is 970. The molecule has 148 valence electrons. The Morgan fingerprint density at radius 1 is 1.11 bits per heavy atom. The lowest BCUT2D eigenvalue weighted by molar-refractivity contribution is -0.183. The summed E-state index contributed by atoms with van der Waals surface area (Å²) in [5.41, 5.74) is 0.577. The summed E-state index contributed by atoms with van der Waals surface area (Å²) in [6, 6.07) is 15.3. The topological polar surface area (TPSA) is 72.9 Å². The van der Waals surface area contributed by atoms with E-state index in [9.17, 15) is 13.2 Å². The zero-order chi connectivity index (χ0) is 19.9. The number of esters is 1. The zero-order valence-electron chi connectivity index (χ0n) is 15.9. The maximum atomic E-state index is 13.2. The van der Waals surface area contributed by atoms with Gasteiger partial charge in [-0.15, -0.1) is 0 Å². The van der Waals surface area contributed by atoms with E-state index in [2.05, 4.69) is 0 Å². The van der Waals surface area contributed by atoms with Gasteiger partial charge in [0.1, 0.15) is 24.5 Å². The Hall–Kier alpha value is -2.38. The number of piperidine rings is 1. The van der Waals surface area contributed by atoms with Gasteiger partial charge in [0.25, 0.3) is 0 Å². The Labute approximate surface area is 165 Å². The van der Waals surface area contributed by atoms with E-state index >= 15 is 0 Å². The fourth-order valence-electron chi connectivity index (χ4n) is 4.02. The summed E-state index contributed by atoms with van der Waals surface area (Å²) >= 11 is 0. The molecule has 6 nitrogen and oxygen atoms in total. The summed E-state index contributed by atoms with van der Waals surface area (Å²) in [6.45, 7) is 4.43. The molecule has 2 bridgehead atoms. The van der Waals surface area contributed by atoms with E-state index in [1.54, 1.807) is 12.1 Å². The third-order valence-electron chi connectivity index (χ3n) is 5.35. The van der Waals surface area contributed by atoms with Crippen LogP contribution < -0.4 is 4.74 Å². The van der Waals surface area contributed by atoms with E-state index in [4.69, 9.17) is 9.47 Å². The second-order valence-corrected chi connectivity index (χ2v) is 9.87. The number of fused-ring (bicyclic) bond motifs is 3. The molecule has 3 aliphatic rings. The number of hydrogen-bond acceptors (Lipinski definition) is 5. The number of sulfonamides is 1. The Morgan fingerprint density at radius 3 is 2.39 bits per heavy atom. The highest BCUT2D eigenvalue weighted by molar-refractivity contribution is 7.89. The van der Waals surface area contributed by atoms with Crippen molar-refractivity contribution in [3.63, 3.8) is 0 Å². The van der Waals surface area contributed by atoms with Crippen molar-refractivity contribution in [2.45, 2.75) is 43.9 Å². The predicted octanol–water partition coefficient (Wildman–Crippen LogP) is 2.98. The second-order valence-electron chi connectivity index (χ2n) is 7.97. The Balaban J connectivity index is 1.52. The van der Waals surface area contributed by atoms with Crippen molar-refractivity contribution in [3.8, 4) is 5.75 Å². The van der Waals surface area contributed by atoms with E-state index in [1.807, 2.05) is 44.2 Å². The summed E-state index contributed by atoms with van der Waals surface area (Å²) in [5.74, 6) is 0.126. The molecule has 3 heterocycles. The first-order valence-corrected chi connectivity index (χ1v) is 10.7. The Morgan fingerprint density at radius 2 is 1.79 bits per heavy atom. The minimum atomic E-state index is -3.80. The smallest absolute Gasteiger partial charge is 0.325 e. The van der Waals surface area contributed by atoms with Gasteiger partial charge in [-0.25, -0.2) is 8.42 Å². The number of rotatable bonds is 5. The van der Waals surface area contributed by atoms with Gasteiger partial charge in [-0.3, -0.25) is 4.79 Å². The van der Waals surface area contributed by atoms with Gasteiger partial charge in [-0.1, -0.05) is 44.2 Å². The lowest BCUT2D eigenvalue weighted by Gasteiger charge is -2.51. The molecular formula is C21H23NO5S. The molecule has 2 unspecified atom stereocenters. The summed E-state index contributed by atoms with van der Waals surface area (Å²) in [5, 5.41) is 0. The molecule has 0 N–H and O–H groups in total. The molecule has 2 aromatic rings. The van der Waals surface area contributed by atoms with Crippen LogP contribution in [0.4, 0.5) is 0 Å². The summed E-state index contributed by atoms with van der Waals surface area (Å²) in [7, 11) is -3.80. The highest BCUT2D eigenvalue weighted by Crippen LogP contribution is 2.43. The van der Waals surface area contributed by atoms with E-state index in [0.29, 0.717) is 18.8 Å². The molecule has 0 amide bonds. The van der Waals surface area contributed by atoms with Crippen LogP contribution in [0.2, 0.25) is 0 Å². The Kier molecular flexibility index (Phi) is 4.67. The van der Waals surface area contributed by atoms with Gasteiger partial charge < -0.3 is 9.47 Å². The molecule has 2 aromatic carbocycles. The molecule has 3 fully saturated rings. The molecule has 3 aliphatic heterocycles. The first-order chi connectivity index (χ1) is 13.3. The van der Waals surface area contributed by atoms with E-state index in [1.165, 1.54) is 16.4 Å². The van der Waals surface area contributed by atoms with Gasteiger partial charge in [-0.05, 0) is 41.7 Å². The average molecular weight is 401 g/mol. The maximum absolute atomic E-state index is 13.2. The van der Waals surface area contributed by atoms with Gasteiger partial charge in [0, 0.05) is 0 Å². The van der Waals surface area contributed by atoms with Gasteiger partial charge in [0.15, 0.2) is 0 Å². The van der Waals surface area contributed by atoms with Crippen molar-refractivity contribution in [2.75, 3.05) is 6.54 Å². The lowest BCUT2D eigenvalue weighted by Crippen LogP contribution is -2.66. The molecular weight excluding hydrogens is 378 g/mol. The van der Waals surface area contributed by atoms with Crippen LogP contribution in [0.5, 0.6) is 5.75 Å². The fraction of sp³-hybridized carbons (Fsp3) is 0.381. The molecule has 0 saturated carbocycles. The maximum Gasteiger partial charge on any atom is 0.325 e. The van der Waals surface area contributed by atoms with Crippen molar-refractivity contribution in [1.29, 1.82) is 0 Å². The molecule has 0 spiro atoms. The van der Waals surface area contributed by atoms with Crippen molar-refractivity contribution < 1.29 is 22.7 Å². The van der Waals surface area contributed by atoms with Crippen LogP contribution in [0.25, 0.3) is 0 Å². The molecule has 0 aliphatic carbocycles. The van der Waals surface area contributed by atoms with Crippen LogP contribution in [0.1, 0.15) is 25.8 Å². The monoisotopic (exact) mass is 401 g/mol. The minimum Gasteiger partial charge on any atom is -0.489 e. The van der Waals surface area contributed by atoms with E-state index in [0.717, 1.165) is 5.56 Å². The average Bonchev–Trinajstić information content (AvgIpc) is 2.66. The largest absolute Gasteiger partial charge is 0.489 e. The van der Waals surface area contributed by atoms with E-state index in [-0.39, 0.29) is 11.4 Å². The molecule has 3 saturated heterocycles. The first-order valence-electron chi connectivity index (χ1n) is 9.26. The van der Waals surface area contributed by atoms with Crippen LogP contribution in [-0.4, -0.2) is 37.4 Å². The highest BCUT2D eigenvalue weighted by Gasteiger charge is 2.56. The minimum absolute atomic E-state index is 0.149. The summed E-state index contributed by atoms with van der Waals surface area (Å²) in [4.78, 5) is 12.4. The quantitative estimate of drug-likeness (QED) is 0.720. The number of nitrogens with zero attached hydrogens (tertiary/aromatic N) is 1. The highest BCUT2D eigenvalue weighted by atomic mass is 32.2. The lowest BCUT2D eigenvalue weighted by atomic mass is 9.74. The normalized spacial score (nSPS) is 24.0. The second kappa shape index (κ2) is 6.90. The van der Waals surface area contributed by atoms with Crippen molar-refractivity contribution in [1.82, 2.24) is 4.31 Å². The summed E-state index contributed by atoms with van der Waals surface area (Å²) < 4.78 is 38.7. The zero-order valence-corrected chi connectivity index (χ0v) is 16.7. The number of morpholine rings is 1. The van der Waals surface area contributed by atoms with Crippen LogP contribution in [0.15, 0.2) is 59.5 Å². The third-order valence-corrected chi connectivity index (χ3v) is 7.20. The molecule has 2 atom stereocenters. The first kappa shape index (κ1) is 19.0. The van der Waals surface area contributed by atoms with Crippen LogP contribution in [0.3, 0.4) is 0 Å². The van der Waals surface area contributed by atoms with Crippen LogP contribution >= 0.6 is 0 Å².